The first kappa shape index (κ1) is 24.2. The highest BCUT2D eigenvalue weighted by molar-refractivity contribution is 14.0. The van der Waals surface area contributed by atoms with Crippen molar-refractivity contribution in [3.05, 3.63) is 29.8 Å². The molecule has 1 aromatic rings. The summed E-state index contributed by atoms with van der Waals surface area (Å²) in [6, 6.07) is 8.64. The molecule has 0 bridgehead atoms. The molecule has 2 aliphatic rings. The predicted octanol–water partition coefficient (Wildman–Crippen LogP) is 3.31. The van der Waals surface area contributed by atoms with E-state index < -0.39 is 5.60 Å². The highest BCUT2D eigenvalue weighted by Gasteiger charge is 2.31. The number of aliphatic imine (C=N–C) groups is 1. The van der Waals surface area contributed by atoms with Crippen LogP contribution in [0.25, 0.3) is 0 Å². The summed E-state index contributed by atoms with van der Waals surface area (Å²) in [5.74, 6) is 1.68. The van der Waals surface area contributed by atoms with E-state index >= 15 is 0 Å². The van der Waals surface area contributed by atoms with Crippen LogP contribution in [0.2, 0.25) is 0 Å². The van der Waals surface area contributed by atoms with Gasteiger partial charge in [-0.2, -0.15) is 0 Å². The van der Waals surface area contributed by atoms with Crippen molar-refractivity contribution in [2.75, 3.05) is 39.8 Å². The van der Waals surface area contributed by atoms with Crippen molar-refractivity contribution < 1.29 is 9.84 Å². The van der Waals surface area contributed by atoms with Crippen LogP contribution >= 0.6 is 24.0 Å². The smallest absolute Gasteiger partial charge is 0.191 e. The molecule has 1 saturated heterocycles. The maximum atomic E-state index is 10.6. The predicted molar refractivity (Wildman–Crippen MR) is 129 cm³/mol. The Morgan fingerprint density at radius 2 is 1.93 bits per heavy atom. The second kappa shape index (κ2) is 12.0. The molecule has 1 aliphatic heterocycles. The first-order chi connectivity index (χ1) is 13.6. The average Bonchev–Trinajstić information content (AvgIpc) is 3.39. The number of ether oxygens (including phenoxy) is 1. The summed E-state index contributed by atoms with van der Waals surface area (Å²) in [5, 5.41) is 17.5. The number of halogens is 1. The first-order valence-corrected chi connectivity index (χ1v) is 10.8. The second-order valence-electron chi connectivity index (χ2n) is 8.04. The van der Waals surface area contributed by atoms with E-state index in [1.54, 1.807) is 7.11 Å². The molecule has 164 valence electrons. The molecular formula is C22H37IN4O2. The maximum absolute atomic E-state index is 10.6. The van der Waals surface area contributed by atoms with E-state index in [1.807, 2.05) is 6.07 Å². The zero-order chi connectivity index (χ0) is 19.8. The number of guanidine groups is 1. The Morgan fingerprint density at radius 3 is 2.59 bits per heavy atom. The highest BCUT2D eigenvalue weighted by atomic mass is 127. The van der Waals surface area contributed by atoms with E-state index in [-0.39, 0.29) is 30.0 Å². The lowest BCUT2D eigenvalue weighted by Crippen LogP contribution is -2.43. The molecule has 6 nitrogen and oxygen atoms in total. The van der Waals surface area contributed by atoms with Gasteiger partial charge in [-0.25, -0.2) is 0 Å². The van der Waals surface area contributed by atoms with Crippen molar-refractivity contribution in [3.63, 3.8) is 0 Å². The summed E-state index contributed by atoms with van der Waals surface area (Å²) in [7, 11) is 1.71. The van der Waals surface area contributed by atoms with Crippen LogP contribution in [-0.4, -0.2) is 61.4 Å². The van der Waals surface area contributed by atoms with Crippen LogP contribution in [0, 0.1) is 0 Å². The van der Waals surface area contributed by atoms with Gasteiger partial charge in [-0.15, -0.1) is 24.0 Å². The summed E-state index contributed by atoms with van der Waals surface area (Å²) in [5.41, 5.74) is 0.641. The molecule has 0 radical (unpaired) electrons. The quantitative estimate of drug-likeness (QED) is 0.281. The van der Waals surface area contributed by atoms with E-state index in [2.05, 4.69) is 40.7 Å². The normalized spacial score (nSPS) is 20.2. The summed E-state index contributed by atoms with van der Waals surface area (Å²) in [6.45, 7) is 6.36. The SMILES string of the molecule is CCNC(=NCC1(O)CCCC1)NCC(c1cccc(OC)c1)N1CCCC1.I. The van der Waals surface area contributed by atoms with E-state index in [0.717, 1.165) is 63.6 Å². The molecule has 0 spiro atoms. The average molecular weight is 516 g/mol. The summed E-state index contributed by atoms with van der Waals surface area (Å²) < 4.78 is 5.44. The number of nitrogens with one attached hydrogen (secondary N) is 2. The Morgan fingerprint density at radius 1 is 1.21 bits per heavy atom. The van der Waals surface area contributed by atoms with Crippen molar-refractivity contribution in [1.82, 2.24) is 15.5 Å². The zero-order valence-electron chi connectivity index (χ0n) is 17.8. The number of aliphatic hydroxyl groups is 1. The minimum Gasteiger partial charge on any atom is -0.497 e. The lowest BCUT2D eigenvalue weighted by Gasteiger charge is -2.29. The van der Waals surface area contributed by atoms with Gasteiger partial charge in [0.1, 0.15) is 5.75 Å². The minimum atomic E-state index is -0.622. The number of likely N-dealkylation sites (tertiary alicyclic amines) is 1. The van der Waals surface area contributed by atoms with Crippen LogP contribution in [0.4, 0.5) is 0 Å². The number of hydrogen-bond donors (Lipinski definition) is 3. The molecule has 0 aromatic heterocycles. The van der Waals surface area contributed by atoms with Crippen LogP contribution in [0.5, 0.6) is 5.75 Å². The summed E-state index contributed by atoms with van der Waals surface area (Å²) in [6.07, 6.45) is 6.42. The van der Waals surface area contributed by atoms with Gasteiger partial charge in [0.2, 0.25) is 0 Å². The molecule has 3 rings (SSSR count). The van der Waals surface area contributed by atoms with Gasteiger partial charge < -0.3 is 20.5 Å². The van der Waals surface area contributed by atoms with Crippen LogP contribution in [-0.2, 0) is 0 Å². The molecule has 1 atom stereocenters. The summed E-state index contributed by atoms with van der Waals surface area (Å²) in [4.78, 5) is 7.23. The number of nitrogens with zero attached hydrogens (tertiary/aromatic N) is 2. The van der Waals surface area contributed by atoms with Gasteiger partial charge in [0.05, 0.1) is 25.3 Å². The molecule has 1 aromatic carbocycles. The third-order valence-corrected chi connectivity index (χ3v) is 5.93. The van der Waals surface area contributed by atoms with Crippen molar-refractivity contribution >= 4 is 29.9 Å². The topological polar surface area (TPSA) is 69.1 Å². The van der Waals surface area contributed by atoms with Crippen molar-refractivity contribution in [2.45, 2.75) is 57.1 Å². The van der Waals surface area contributed by atoms with Gasteiger partial charge in [0, 0.05) is 13.1 Å². The van der Waals surface area contributed by atoms with E-state index in [0.29, 0.717) is 6.54 Å². The van der Waals surface area contributed by atoms with Gasteiger partial charge in [-0.1, -0.05) is 25.0 Å². The standard InChI is InChI=1S/C22H36N4O2.HI/c1-3-23-21(25-17-22(27)11-4-5-12-22)24-16-20(26-13-6-7-14-26)18-9-8-10-19(15-18)28-2;/h8-10,15,20,27H,3-7,11-14,16-17H2,1-2H3,(H2,23,24,25);1H. The maximum Gasteiger partial charge on any atom is 0.191 e. The third kappa shape index (κ3) is 7.00. The van der Waals surface area contributed by atoms with Crippen LogP contribution in [0.1, 0.15) is 57.1 Å². The summed E-state index contributed by atoms with van der Waals surface area (Å²) >= 11 is 0. The van der Waals surface area contributed by atoms with Crippen molar-refractivity contribution in [2.24, 2.45) is 4.99 Å². The molecule has 2 fully saturated rings. The highest BCUT2D eigenvalue weighted by Crippen LogP contribution is 2.30. The van der Waals surface area contributed by atoms with E-state index in [9.17, 15) is 5.11 Å². The van der Waals surface area contributed by atoms with Crippen LogP contribution in [0.15, 0.2) is 29.3 Å². The Kier molecular flexibility index (Phi) is 9.98. The molecule has 1 saturated carbocycles. The zero-order valence-corrected chi connectivity index (χ0v) is 20.2. The fraction of sp³-hybridized carbons (Fsp3) is 0.682. The Bertz CT molecular complexity index is 643. The van der Waals surface area contributed by atoms with Gasteiger partial charge in [0.15, 0.2) is 5.96 Å². The van der Waals surface area contributed by atoms with E-state index in [4.69, 9.17) is 9.73 Å². The fourth-order valence-electron chi connectivity index (χ4n) is 4.31. The van der Waals surface area contributed by atoms with Gasteiger partial charge in [0.25, 0.3) is 0 Å². The lowest BCUT2D eigenvalue weighted by atomic mass is 10.0. The minimum absolute atomic E-state index is 0. The molecule has 1 unspecified atom stereocenters. The Hall–Kier alpha value is -1.06. The van der Waals surface area contributed by atoms with Crippen LogP contribution in [0.3, 0.4) is 0 Å². The molecule has 29 heavy (non-hydrogen) atoms. The first-order valence-electron chi connectivity index (χ1n) is 10.8. The molecule has 7 heteroatoms. The Balaban J connectivity index is 0.00000300. The van der Waals surface area contributed by atoms with Gasteiger partial charge >= 0.3 is 0 Å². The number of rotatable bonds is 8. The van der Waals surface area contributed by atoms with Crippen molar-refractivity contribution in [1.29, 1.82) is 0 Å². The number of methoxy groups -OCH3 is 1. The largest absolute Gasteiger partial charge is 0.497 e. The molecular weight excluding hydrogens is 479 g/mol. The third-order valence-electron chi connectivity index (χ3n) is 5.93. The van der Waals surface area contributed by atoms with Gasteiger partial charge in [-0.3, -0.25) is 9.89 Å². The van der Waals surface area contributed by atoms with Crippen LogP contribution < -0.4 is 15.4 Å². The Labute approximate surface area is 192 Å². The molecule has 1 aliphatic carbocycles. The van der Waals surface area contributed by atoms with Gasteiger partial charge in [-0.05, 0) is 63.4 Å². The molecule has 3 N–H and O–H groups in total. The monoisotopic (exact) mass is 516 g/mol. The second-order valence-corrected chi connectivity index (χ2v) is 8.04. The van der Waals surface area contributed by atoms with Crippen molar-refractivity contribution in [3.8, 4) is 5.75 Å². The fourth-order valence-corrected chi connectivity index (χ4v) is 4.31. The number of hydrogen-bond acceptors (Lipinski definition) is 4. The van der Waals surface area contributed by atoms with E-state index in [1.165, 1.54) is 18.4 Å². The number of benzene rings is 1. The molecule has 0 amide bonds. The lowest BCUT2D eigenvalue weighted by molar-refractivity contribution is 0.0574. The molecule has 1 heterocycles.